The van der Waals surface area contributed by atoms with Crippen molar-refractivity contribution >= 4 is 15.7 Å². The van der Waals surface area contributed by atoms with Crippen molar-refractivity contribution in [2.24, 2.45) is 0 Å². The van der Waals surface area contributed by atoms with E-state index < -0.39 is 9.84 Å². The van der Waals surface area contributed by atoms with Crippen LogP contribution in [0.4, 0.5) is 0 Å². The zero-order valence-electron chi connectivity index (χ0n) is 23.9. The predicted molar refractivity (Wildman–Crippen MR) is 163 cm³/mol. The molecule has 0 saturated carbocycles. The third kappa shape index (κ3) is 9.32. The first-order valence-electron chi connectivity index (χ1n) is 14.2. The van der Waals surface area contributed by atoms with Gasteiger partial charge in [-0.2, -0.15) is 0 Å². The van der Waals surface area contributed by atoms with E-state index in [1.807, 2.05) is 77.4 Å². The number of aryl methyl sites for hydroxylation is 1. The van der Waals surface area contributed by atoms with Crippen LogP contribution in [-0.2, 0) is 41.6 Å². The highest BCUT2D eigenvalue weighted by molar-refractivity contribution is 7.89. The Morgan fingerprint density at radius 2 is 1.54 bits per heavy atom. The van der Waals surface area contributed by atoms with Gasteiger partial charge in [-0.3, -0.25) is 4.79 Å². The van der Waals surface area contributed by atoms with Gasteiger partial charge in [0, 0.05) is 25.8 Å². The molecule has 0 atom stereocenters. The second-order valence-electron chi connectivity index (χ2n) is 10.3. The van der Waals surface area contributed by atoms with Crippen molar-refractivity contribution in [3.05, 3.63) is 119 Å². The topological polar surface area (TPSA) is 90.3 Å². The molecule has 3 aromatic carbocycles. The summed E-state index contributed by atoms with van der Waals surface area (Å²) in [5.41, 5.74) is 4.26. The van der Waals surface area contributed by atoms with Gasteiger partial charge in [-0.1, -0.05) is 86.1 Å². The normalized spacial score (nSPS) is 11.4. The fourth-order valence-electron chi connectivity index (χ4n) is 4.70. The molecule has 0 unspecified atom stereocenters. The highest BCUT2D eigenvalue weighted by atomic mass is 32.2. The second-order valence-corrected chi connectivity index (χ2v) is 12.5. The molecule has 0 bridgehead atoms. The molecular formula is C33H39N3O4S. The highest BCUT2D eigenvalue weighted by Crippen LogP contribution is 2.22. The smallest absolute Gasteiger partial charge is 0.269 e. The second kappa shape index (κ2) is 14.6. The number of unbranched alkanes of at least 4 members (excludes halogenated alkanes) is 1. The first kappa shape index (κ1) is 30.1. The van der Waals surface area contributed by atoms with E-state index in [1.165, 1.54) is 11.8 Å². The lowest BCUT2D eigenvalue weighted by molar-refractivity contribution is 0.0942. The minimum Gasteiger partial charge on any atom is -0.489 e. The van der Waals surface area contributed by atoms with Crippen LogP contribution in [0.2, 0.25) is 0 Å². The van der Waals surface area contributed by atoms with Crippen molar-refractivity contribution in [1.29, 1.82) is 0 Å². The van der Waals surface area contributed by atoms with Gasteiger partial charge in [0.2, 0.25) is 0 Å². The van der Waals surface area contributed by atoms with Crippen LogP contribution >= 0.6 is 0 Å². The van der Waals surface area contributed by atoms with Crippen molar-refractivity contribution in [1.82, 2.24) is 14.9 Å². The Morgan fingerprint density at radius 1 is 0.878 bits per heavy atom. The number of carbonyl (C=O) groups excluding carboxylic acids is 1. The lowest BCUT2D eigenvalue weighted by atomic mass is 10.1. The minimum absolute atomic E-state index is 0.219. The van der Waals surface area contributed by atoms with Crippen molar-refractivity contribution in [3.8, 4) is 5.75 Å². The zero-order valence-corrected chi connectivity index (χ0v) is 24.7. The molecule has 216 valence electrons. The summed E-state index contributed by atoms with van der Waals surface area (Å²) in [7, 11) is -3.37. The number of carbonyl (C=O) groups is 1. The van der Waals surface area contributed by atoms with Crippen molar-refractivity contribution in [2.75, 3.05) is 12.8 Å². The van der Waals surface area contributed by atoms with E-state index in [9.17, 15) is 13.2 Å². The number of nitrogens with zero attached hydrogens (tertiary/aromatic N) is 2. The molecule has 1 amide bonds. The zero-order chi connectivity index (χ0) is 29.1. The summed E-state index contributed by atoms with van der Waals surface area (Å²) in [6, 6.07) is 27.9. The predicted octanol–water partition coefficient (Wildman–Crippen LogP) is 5.76. The van der Waals surface area contributed by atoms with Crippen LogP contribution in [0.1, 0.15) is 64.9 Å². The monoisotopic (exact) mass is 573 g/mol. The third-order valence-corrected chi connectivity index (χ3v) is 7.56. The van der Waals surface area contributed by atoms with E-state index >= 15 is 0 Å². The van der Waals surface area contributed by atoms with E-state index in [-0.39, 0.29) is 11.7 Å². The molecule has 1 N–H and O–H groups in total. The van der Waals surface area contributed by atoms with Gasteiger partial charge in [0.05, 0.1) is 5.69 Å². The molecule has 0 fully saturated rings. The van der Waals surface area contributed by atoms with Crippen molar-refractivity contribution < 1.29 is 17.9 Å². The lowest BCUT2D eigenvalue weighted by Gasteiger charge is -2.13. The van der Waals surface area contributed by atoms with E-state index in [0.29, 0.717) is 43.3 Å². The largest absolute Gasteiger partial charge is 0.489 e. The first-order chi connectivity index (χ1) is 19.8. The number of aromatic nitrogens is 2. The Kier molecular flexibility index (Phi) is 10.7. The molecule has 8 heteroatoms. The van der Waals surface area contributed by atoms with Gasteiger partial charge in [0.1, 0.15) is 29.6 Å². The summed E-state index contributed by atoms with van der Waals surface area (Å²) in [4.78, 5) is 18.3. The Hall–Kier alpha value is -3.91. The quantitative estimate of drug-likeness (QED) is 0.183. The summed E-state index contributed by atoms with van der Waals surface area (Å²) in [5, 5.41) is 3.02. The summed E-state index contributed by atoms with van der Waals surface area (Å²) < 4.78 is 32.4. The maximum atomic E-state index is 13.5. The lowest BCUT2D eigenvalue weighted by Crippen LogP contribution is -2.28. The number of benzene rings is 3. The van der Waals surface area contributed by atoms with Gasteiger partial charge in [0.15, 0.2) is 9.84 Å². The summed E-state index contributed by atoms with van der Waals surface area (Å²) in [5.74, 6) is 0.710. The number of hydrogen-bond acceptors (Lipinski definition) is 5. The molecule has 0 spiro atoms. The first-order valence-corrected chi connectivity index (χ1v) is 16.2. The van der Waals surface area contributed by atoms with Crippen LogP contribution in [0.25, 0.3) is 0 Å². The fourth-order valence-corrected chi connectivity index (χ4v) is 5.39. The number of rotatable bonds is 15. The Morgan fingerprint density at radius 3 is 2.17 bits per heavy atom. The van der Waals surface area contributed by atoms with Crippen LogP contribution in [0.5, 0.6) is 5.75 Å². The average Bonchev–Trinajstić information content (AvgIpc) is 3.28. The number of hydrogen-bond donors (Lipinski definition) is 1. The molecule has 0 radical (unpaired) electrons. The molecule has 4 rings (SSSR count). The van der Waals surface area contributed by atoms with Crippen molar-refractivity contribution in [2.45, 2.75) is 57.9 Å². The SMILES string of the molecule is CCCCNC(=O)c1c(Cc2ccc(OCc3ccccc3)cc2)nc(CS(C)(=O)=O)n1CCCc1ccccc1. The van der Waals surface area contributed by atoms with Crippen LogP contribution in [0.15, 0.2) is 84.9 Å². The van der Waals surface area contributed by atoms with Crippen LogP contribution in [0, 0.1) is 0 Å². The molecule has 0 aliphatic rings. The fraction of sp³-hybridized carbons (Fsp3) is 0.333. The standard InChI is InChI=1S/C33H39N3O4S/c1-3-4-21-34-33(37)32-30(23-27-17-19-29(20-18-27)40-24-28-14-9-6-10-15-28)35-31(25-41(2,38)39)36(32)22-11-16-26-12-7-5-8-13-26/h5-10,12-15,17-20H,3-4,11,16,21-25H2,1-2H3,(H,34,37). The maximum absolute atomic E-state index is 13.5. The molecule has 41 heavy (non-hydrogen) atoms. The average molecular weight is 574 g/mol. The van der Waals surface area contributed by atoms with Gasteiger partial charge in [0.25, 0.3) is 5.91 Å². The number of nitrogens with one attached hydrogen (secondary N) is 1. The van der Waals surface area contributed by atoms with Gasteiger partial charge in [-0.05, 0) is 48.1 Å². The minimum atomic E-state index is -3.37. The third-order valence-electron chi connectivity index (χ3n) is 6.77. The van der Waals surface area contributed by atoms with E-state index in [1.54, 1.807) is 0 Å². The van der Waals surface area contributed by atoms with Gasteiger partial charge in [-0.25, -0.2) is 13.4 Å². The Balaban J connectivity index is 1.58. The molecule has 0 aliphatic carbocycles. The van der Waals surface area contributed by atoms with Crippen LogP contribution < -0.4 is 10.1 Å². The number of imidazole rings is 1. The molecule has 7 nitrogen and oxygen atoms in total. The van der Waals surface area contributed by atoms with Gasteiger partial charge in [-0.15, -0.1) is 0 Å². The van der Waals surface area contributed by atoms with Crippen LogP contribution in [-0.4, -0.2) is 36.7 Å². The maximum Gasteiger partial charge on any atom is 0.269 e. The Bertz CT molecular complexity index is 1500. The molecule has 1 heterocycles. The summed E-state index contributed by atoms with van der Waals surface area (Å²) in [6.07, 6.45) is 4.99. The van der Waals surface area contributed by atoms with Crippen molar-refractivity contribution in [3.63, 3.8) is 0 Å². The van der Waals surface area contributed by atoms with E-state index in [2.05, 4.69) is 24.4 Å². The molecular weight excluding hydrogens is 534 g/mol. The van der Waals surface area contributed by atoms with Gasteiger partial charge < -0.3 is 14.6 Å². The highest BCUT2D eigenvalue weighted by Gasteiger charge is 2.25. The molecule has 0 aliphatic heterocycles. The van der Waals surface area contributed by atoms with Gasteiger partial charge >= 0.3 is 0 Å². The number of ether oxygens (including phenoxy) is 1. The molecule has 4 aromatic rings. The molecule has 0 saturated heterocycles. The van der Waals surface area contributed by atoms with E-state index in [4.69, 9.17) is 9.72 Å². The van der Waals surface area contributed by atoms with Crippen LogP contribution in [0.3, 0.4) is 0 Å². The summed E-state index contributed by atoms with van der Waals surface area (Å²) >= 11 is 0. The molecule has 1 aromatic heterocycles. The summed E-state index contributed by atoms with van der Waals surface area (Å²) in [6.45, 7) is 3.60. The number of sulfone groups is 1. The van der Waals surface area contributed by atoms with E-state index in [0.717, 1.165) is 42.6 Å². The number of amides is 1. The Labute approximate surface area is 243 Å².